The molecule has 0 radical (unpaired) electrons. The maximum Gasteiger partial charge on any atom is 0.223 e. The molecule has 0 N–H and O–H groups in total. The van der Waals surface area contributed by atoms with Crippen LogP contribution in [0.3, 0.4) is 0 Å². The van der Waals surface area contributed by atoms with E-state index in [-0.39, 0.29) is 11.9 Å². The molecule has 0 aromatic rings. The summed E-state index contributed by atoms with van der Waals surface area (Å²) in [4.78, 5) is 13.5. The Kier molecular flexibility index (Phi) is 4.04. The van der Waals surface area contributed by atoms with Crippen LogP contribution in [0.1, 0.15) is 33.1 Å². The first-order valence-corrected chi connectivity index (χ1v) is 5.59. The van der Waals surface area contributed by atoms with E-state index in [1.165, 1.54) is 0 Å². The Labute approximate surface area is 85.2 Å². The van der Waals surface area contributed by atoms with Crippen LogP contribution in [0, 0.1) is 5.92 Å². The number of amides is 1. The summed E-state index contributed by atoms with van der Waals surface area (Å²) in [6, 6.07) is 0.278. The lowest BCUT2D eigenvalue weighted by atomic mass is 10.0. The minimum Gasteiger partial charge on any atom is -0.338 e. The molecular weight excluding hydrogens is 186 g/mol. The molecule has 0 bridgehead atoms. The van der Waals surface area contributed by atoms with Crippen LogP contribution >= 0.6 is 11.6 Å². The van der Waals surface area contributed by atoms with E-state index in [0.29, 0.717) is 18.2 Å². The number of hydrogen-bond donors (Lipinski definition) is 0. The van der Waals surface area contributed by atoms with Crippen LogP contribution in [-0.4, -0.2) is 29.3 Å². The molecule has 1 fully saturated rings. The van der Waals surface area contributed by atoms with Gasteiger partial charge in [-0.2, -0.15) is 0 Å². The van der Waals surface area contributed by atoms with Gasteiger partial charge in [0.2, 0.25) is 5.91 Å². The molecule has 0 spiro atoms. The second-order valence-electron chi connectivity index (χ2n) is 3.84. The summed E-state index contributed by atoms with van der Waals surface area (Å²) < 4.78 is 0. The van der Waals surface area contributed by atoms with Crippen molar-refractivity contribution in [1.29, 1.82) is 0 Å². The number of rotatable bonds is 4. The maximum absolute atomic E-state index is 11.5. The van der Waals surface area contributed by atoms with Gasteiger partial charge in [-0.05, 0) is 12.3 Å². The molecule has 1 amide bonds. The fourth-order valence-electron chi connectivity index (χ4n) is 1.88. The Morgan fingerprint density at radius 2 is 2.31 bits per heavy atom. The van der Waals surface area contributed by atoms with Crippen LogP contribution in [0.5, 0.6) is 0 Å². The van der Waals surface area contributed by atoms with Gasteiger partial charge in [0.05, 0.1) is 0 Å². The van der Waals surface area contributed by atoms with Crippen molar-refractivity contribution in [2.75, 3.05) is 12.4 Å². The second kappa shape index (κ2) is 4.85. The van der Waals surface area contributed by atoms with Crippen LogP contribution in [0.4, 0.5) is 0 Å². The number of nitrogens with zero attached hydrogens (tertiary/aromatic N) is 1. The van der Waals surface area contributed by atoms with Crippen LogP contribution in [0.25, 0.3) is 0 Å². The summed E-state index contributed by atoms with van der Waals surface area (Å²) >= 11 is 5.85. The number of likely N-dealkylation sites (tertiary alicyclic amines) is 1. The standard InChI is InChI=1S/C10H18ClNO/c1-3-4-5-12-9(7-11)8(2)6-10(12)13/h8-9H,3-7H2,1-2H3. The van der Waals surface area contributed by atoms with Gasteiger partial charge in [-0.3, -0.25) is 4.79 Å². The van der Waals surface area contributed by atoms with Crippen molar-refractivity contribution < 1.29 is 4.79 Å². The predicted octanol–water partition coefficient (Wildman–Crippen LogP) is 2.26. The molecule has 0 aromatic carbocycles. The average Bonchev–Trinajstić information content (AvgIpc) is 2.37. The zero-order valence-electron chi connectivity index (χ0n) is 8.42. The smallest absolute Gasteiger partial charge is 0.223 e. The third-order valence-electron chi connectivity index (χ3n) is 2.78. The average molecular weight is 204 g/mol. The molecule has 1 aliphatic rings. The fraction of sp³-hybridized carbons (Fsp3) is 0.900. The van der Waals surface area contributed by atoms with Gasteiger partial charge in [0.25, 0.3) is 0 Å². The van der Waals surface area contributed by atoms with Gasteiger partial charge in [-0.15, -0.1) is 11.6 Å². The van der Waals surface area contributed by atoms with E-state index < -0.39 is 0 Å². The molecule has 0 saturated carbocycles. The van der Waals surface area contributed by atoms with Crippen LogP contribution < -0.4 is 0 Å². The highest BCUT2D eigenvalue weighted by molar-refractivity contribution is 6.18. The molecule has 1 aliphatic heterocycles. The predicted molar refractivity (Wildman–Crippen MR) is 54.9 cm³/mol. The summed E-state index contributed by atoms with van der Waals surface area (Å²) in [6.45, 7) is 5.13. The molecule has 3 heteroatoms. The lowest BCUT2D eigenvalue weighted by molar-refractivity contribution is -0.128. The molecule has 1 heterocycles. The summed E-state index contributed by atoms with van der Waals surface area (Å²) in [5, 5.41) is 0. The molecule has 1 saturated heterocycles. The Bertz CT molecular complexity index is 184. The van der Waals surface area contributed by atoms with E-state index in [1.54, 1.807) is 0 Å². The molecule has 2 atom stereocenters. The van der Waals surface area contributed by atoms with Crippen molar-refractivity contribution in [3.8, 4) is 0 Å². The first kappa shape index (κ1) is 10.8. The van der Waals surface area contributed by atoms with Gasteiger partial charge >= 0.3 is 0 Å². The number of carbonyl (C=O) groups is 1. The lowest BCUT2D eigenvalue weighted by Crippen LogP contribution is -2.36. The zero-order valence-corrected chi connectivity index (χ0v) is 9.18. The van der Waals surface area contributed by atoms with Crippen LogP contribution in [-0.2, 0) is 4.79 Å². The summed E-state index contributed by atoms with van der Waals surface area (Å²) in [5.41, 5.74) is 0. The van der Waals surface area contributed by atoms with Crippen molar-refractivity contribution >= 4 is 17.5 Å². The Morgan fingerprint density at radius 1 is 1.62 bits per heavy atom. The van der Waals surface area contributed by atoms with Crippen molar-refractivity contribution in [1.82, 2.24) is 4.90 Å². The largest absolute Gasteiger partial charge is 0.338 e. The van der Waals surface area contributed by atoms with Crippen molar-refractivity contribution in [2.24, 2.45) is 5.92 Å². The van der Waals surface area contributed by atoms with Crippen LogP contribution in [0.2, 0.25) is 0 Å². The monoisotopic (exact) mass is 203 g/mol. The number of unbranched alkanes of at least 4 members (excludes halogenated alkanes) is 1. The molecule has 2 nitrogen and oxygen atoms in total. The maximum atomic E-state index is 11.5. The number of hydrogen-bond acceptors (Lipinski definition) is 1. The van der Waals surface area contributed by atoms with Crippen molar-refractivity contribution in [3.63, 3.8) is 0 Å². The van der Waals surface area contributed by atoms with E-state index in [1.807, 2.05) is 4.90 Å². The van der Waals surface area contributed by atoms with Crippen LogP contribution in [0.15, 0.2) is 0 Å². The highest BCUT2D eigenvalue weighted by Crippen LogP contribution is 2.26. The Morgan fingerprint density at radius 3 is 2.85 bits per heavy atom. The second-order valence-corrected chi connectivity index (χ2v) is 4.15. The third kappa shape index (κ3) is 2.37. The number of halogens is 1. The molecule has 76 valence electrons. The van der Waals surface area contributed by atoms with E-state index in [9.17, 15) is 4.79 Å². The highest BCUT2D eigenvalue weighted by Gasteiger charge is 2.35. The molecular formula is C10H18ClNO. The van der Waals surface area contributed by atoms with E-state index in [0.717, 1.165) is 19.4 Å². The normalized spacial score (nSPS) is 28.5. The van der Waals surface area contributed by atoms with Gasteiger partial charge < -0.3 is 4.90 Å². The van der Waals surface area contributed by atoms with E-state index >= 15 is 0 Å². The van der Waals surface area contributed by atoms with Crippen molar-refractivity contribution in [3.05, 3.63) is 0 Å². The Hall–Kier alpha value is -0.240. The summed E-state index contributed by atoms with van der Waals surface area (Å²) in [6.07, 6.45) is 2.90. The Balaban J connectivity index is 2.53. The molecule has 2 unspecified atom stereocenters. The summed E-state index contributed by atoms with van der Waals surface area (Å²) in [5.74, 6) is 1.30. The van der Waals surface area contributed by atoms with Gasteiger partial charge in [0.15, 0.2) is 0 Å². The van der Waals surface area contributed by atoms with Crippen molar-refractivity contribution in [2.45, 2.75) is 39.2 Å². The van der Waals surface area contributed by atoms with Gasteiger partial charge in [0, 0.05) is 24.9 Å². The SMILES string of the molecule is CCCCN1C(=O)CC(C)C1CCl. The summed E-state index contributed by atoms with van der Waals surface area (Å²) in [7, 11) is 0. The minimum absolute atomic E-state index is 0.278. The highest BCUT2D eigenvalue weighted by atomic mass is 35.5. The first-order chi connectivity index (χ1) is 6.20. The minimum atomic E-state index is 0.278. The van der Waals surface area contributed by atoms with Gasteiger partial charge in [0.1, 0.15) is 0 Å². The number of alkyl halides is 1. The molecule has 0 aromatic heterocycles. The fourth-order valence-corrected chi connectivity index (χ4v) is 2.35. The van der Waals surface area contributed by atoms with Gasteiger partial charge in [-0.25, -0.2) is 0 Å². The molecule has 1 rings (SSSR count). The van der Waals surface area contributed by atoms with E-state index in [4.69, 9.17) is 11.6 Å². The molecule has 13 heavy (non-hydrogen) atoms. The van der Waals surface area contributed by atoms with E-state index in [2.05, 4.69) is 13.8 Å². The number of carbonyl (C=O) groups excluding carboxylic acids is 1. The first-order valence-electron chi connectivity index (χ1n) is 5.06. The quantitative estimate of drug-likeness (QED) is 0.642. The van der Waals surface area contributed by atoms with Gasteiger partial charge in [-0.1, -0.05) is 20.3 Å². The molecule has 0 aliphatic carbocycles. The topological polar surface area (TPSA) is 20.3 Å². The zero-order chi connectivity index (χ0) is 9.84. The third-order valence-corrected chi connectivity index (χ3v) is 3.10. The lowest BCUT2D eigenvalue weighted by Gasteiger charge is -2.24.